The molecule has 1 rings (SSSR count). The highest BCUT2D eigenvalue weighted by Crippen LogP contribution is 2.12. The number of aromatic nitrogens is 1. The fraction of sp³-hybridized carbons (Fsp3) is 0.500. The average Bonchev–Trinajstić information content (AvgIpc) is 2.49. The van der Waals surface area contributed by atoms with Gasteiger partial charge in [0.25, 0.3) is 5.91 Å². The number of nitrogens with zero attached hydrogens (tertiary/aromatic N) is 2. The number of thiazole rings is 1. The number of nitrogen functional groups attached to an aromatic ring is 1. The summed E-state index contributed by atoms with van der Waals surface area (Å²) in [5.41, 5.74) is 5.73. The third-order valence-electron chi connectivity index (χ3n) is 1.63. The topological polar surface area (TPSA) is 79.5 Å². The maximum Gasteiger partial charge on any atom is 0.273 e. The normalized spacial score (nSPS) is 12.5. The molecule has 0 fully saturated rings. The van der Waals surface area contributed by atoms with Gasteiger partial charge in [0.05, 0.1) is 6.10 Å². The predicted molar refractivity (Wildman–Crippen MR) is 55.2 cm³/mol. The van der Waals surface area contributed by atoms with Gasteiger partial charge >= 0.3 is 0 Å². The first-order valence-corrected chi connectivity index (χ1v) is 5.03. The van der Waals surface area contributed by atoms with Crippen LogP contribution in [-0.2, 0) is 0 Å². The smallest absolute Gasteiger partial charge is 0.273 e. The molecule has 1 aromatic rings. The molecule has 0 aromatic carbocycles. The second kappa shape index (κ2) is 4.39. The number of likely N-dealkylation sites (N-methyl/N-ethyl adjacent to an activating group) is 1. The molecule has 1 unspecified atom stereocenters. The lowest BCUT2D eigenvalue weighted by molar-refractivity contribution is 0.0699. The van der Waals surface area contributed by atoms with Crippen molar-refractivity contribution in [2.75, 3.05) is 19.3 Å². The van der Waals surface area contributed by atoms with Gasteiger partial charge in [-0.3, -0.25) is 4.79 Å². The van der Waals surface area contributed by atoms with Crippen molar-refractivity contribution in [3.63, 3.8) is 0 Å². The van der Waals surface area contributed by atoms with Crippen molar-refractivity contribution in [1.29, 1.82) is 0 Å². The summed E-state index contributed by atoms with van der Waals surface area (Å²) in [6, 6.07) is 0. The highest BCUT2D eigenvalue weighted by molar-refractivity contribution is 7.13. The molecule has 1 aromatic heterocycles. The minimum absolute atomic E-state index is 0.223. The fourth-order valence-electron chi connectivity index (χ4n) is 1.06. The SMILES string of the molecule is CC(O)CN(C)C(=O)c1csc(N)n1. The monoisotopic (exact) mass is 215 g/mol. The Kier molecular flexibility index (Phi) is 3.43. The molecule has 1 heterocycles. The lowest BCUT2D eigenvalue weighted by atomic mass is 10.3. The number of carbonyl (C=O) groups is 1. The number of amides is 1. The number of rotatable bonds is 3. The van der Waals surface area contributed by atoms with Gasteiger partial charge in [-0.1, -0.05) is 0 Å². The molecular weight excluding hydrogens is 202 g/mol. The number of carbonyl (C=O) groups excluding carboxylic acids is 1. The minimum atomic E-state index is -0.542. The standard InChI is InChI=1S/C8H13N3O2S/c1-5(12)3-11(2)7(13)6-4-14-8(9)10-6/h4-5,12H,3H2,1-2H3,(H2,9,10). The van der Waals surface area contributed by atoms with E-state index in [0.29, 0.717) is 10.8 Å². The molecule has 14 heavy (non-hydrogen) atoms. The van der Waals surface area contributed by atoms with Crippen LogP contribution in [0.25, 0.3) is 0 Å². The molecule has 0 spiro atoms. The first kappa shape index (κ1) is 10.9. The van der Waals surface area contributed by atoms with E-state index in [1.54, 1.807) is 19.4 Å². The Hall–Kier alpha value is -1.14. The van der Waals surface area contributed by atoms with Crippen LogP contribution in [0.2, 0.25) is 0 Å². The van der Waals surface area contributed by atoms with Crippen LogP contribution in [0, 0.1) is 0 Å². The Morgan fingerprint density at radius 2 is 2.50 bits per heavy atom. The van der Waals surface area contributed by atoms with Crippen LogP contribution >= 0.6 is 11.3 Å². The van der Waals surface area contributed by atoms with E-state index in [1.165, 1.54) is 16.2 Å². The first-order valence-electron chi connectivity index (χ1n) is 4.15. The van der Waals surface area contributed by atoms with Crippen LogP contribution in [0.3, 0.4) is 0 Å². The van der Waals surface area contributed by atoms with Crippen LogP contribution < -0.4 is 5.73 Å². The summed E-state index contributed by atoms with van der Waals surface area (Å²) in [5, 5.41) is 11.1. The van der Waals surface area contributed by atoms with Gasteiger partial charge in [-0.2, -0.15) is 0 Å². The summed E-state index contributed by atoms with van der Waals surface area (Å²) in [5.74, 6) is -0.223. The number of aliphatic hydroxyl groups is 1. The zero-order valence-corrected chi connectivity index (χ0v) is 8.91. The van der Waals surface area contributed by atoms with Crippen molar-refractivity contribution >= 4 is 22.4 Å². The number of hydrogen-bond acceptors (Lipinski definition) is 5. The van der Waals surface area contributed by atoms with Gasteiger partial charge in [0.1, 0.15) is 5.69 Å². The van der Waals surface area contributed by atoms with Gasteiger partial charge in [0, 0.05) is 19.0 Å². The molecule has 0 radical (unpaired) electrons. The van der Waals surface area contributed by atoms with Crippen LogP contribution in [0.15, 0.2) is 5.38 Å². The third-order valence-corrected chi connectivity index (χ3v) is 2.30. The van der Waals surface area contributed by atoms with Gasteiger partial charge in [0.2, 0.25) is 0 Å². The zero-order valence-electron chi connectivity index (χ0n) is 8.10. The van der Waals surface area contributed by atoms with Gasteiger partial charge in [-0.15, -0.1) is 11.3 Å². The summed E-state index contributed by atoms with van der Waals surface area (Å²) < 4.78 is 0. The molecule has 78 valence electrons. The fourth-order valence-corrected chi connectivity index (χ4v) is 1.60. The van der Waals surface area contributed by atoms with Crippen LogP contribution in [0.1, 0.15) is 17.4 Å². The van der Waals surface area contributed by atoms with Crippen molar-refractivity contribution < 1.29 is 9.90 Å². The molecule has 0 bridgehead atoms. The number of anilines is 1. The number of aliphatic hydroxyl groups excluding tert-OH is 1. The molecular formula is C8H13N3O2S. The zero-order chi connectivity index (χ0) is 10.7. The number of nitrogens with two attached hydrogens (primary N) is 1. The molecule has 0 saturated heterocycles. The summed E-state index contributed by atoms with van der Waals surface area (Å²) in [4.78, 5) is 16.9. The van der Waals surface area contributed by atoms with E-state index in [2.05, 4.69) is 4.98 Å². The van der Waals surface area contributed by atoms with E-state index < -0.39 is 6.10 Å². The lowest BCUT2D eigenvalue weighted by Gasteiger charge is -2.17. The molecule has 3 N–H and O–H groups in total. The minimum Gasteiger partial charge on any atom is -0.392 e. The van der Waals surface area contributed by atoms with E-state index >= 15 is 0 Å². The van der Waals surface area contributed by atoms with Crippen molar-refractivity contribution in [2.24, 2.45) is 0 Å². The van der Waals surface area contributed by atoms with Crippen molar-refractivity contribution in [3.8, 4) is 0 Å². The largest absolute Gasteiger partial charge is 0.392 e. The van der Waals surface area contributed by atoms with Crippen LogP contribution in [-0.4, -0.2) is 40.6 Å². The Balaban J connectivity index is 2.65. The lowest BCUT2D eigenvalue weighted by Crippen LogP contribution is -2.33. The van der Waals surface area contributed by atoms with E-state index in [9.17, 15) is 4.79 Å². The Bertz CT molecular complexity index is 324. The van der Waals surface area contributed by atoms with Gasteiger partial charge in [-0.25, -0.2) is 4.98 Å². The van der Waals surface area contributed by atoms with Gasteiger partial charge in [0.15, 0.2) is 5.13 Å². The molecule has 1 amide bonds. The molecule has 1 atom stereocenters. The number of hydrogen-bond donors (Lipinski definition) is 2. The van der Waals surface area contributed by atoms with E-state index in [-0.39, 0.29) is 12.5 Å². The Morgan fingerprint density at radius 3 is 2.93 bits per heavy atom. The second-order valence-corrected chi connectivity index (χ2v) is 4.00. The Morgan fingerprint density at radius 1 is 1.86 bits per heavy atom. The predicted octanol–water partition coefficient (Wildman–Crippen LogP) is 0.178. The molecule has 0 aliphatic rings. The summed E-state index contributed by atoms with van der Waals surface area (Å²) in [7, 11) is 1.62. The third kappa shape index (κ3) is 2.68. The van der Waals surface area contributed by atoms with Crippen molar-refractivity contribution in [1.82, 2.24) is 9.88 Å². The molecule has 6 heteroatoms. The van der Waals surface area contributed by atoms with Crippen LogP contribution in [0.5, 0.6) is 0 Å². The summed E-state index contributed by atoms with van der Waals surface area (Å²) in [6.07, 6.45) is -0.542. The van der Waals surface area contributed by atoms with Crippen molar-refractivity contribution in [3.05, 3.63) is 11.1 Å². The average molecular weight is 215 g/mol. The maximum absolute atomic E-state index is 11.6. The second-order valence-electron chi connectivity index (χ2n) is 3.11. The van der Waals surface area contributed by atoms with E-state index in [4.69, 9.17) is 10.8 Å². The molecule has 0 aliphatic heterocycles. The summed E-state index contributed by atoms with van der Waals surface area (Å²) >= 11 is 1.23. The first-order chi connectivity index (χ1) is 6.50. The summed E-state index contributed by atoms with van der Waals surface area (Å²) in [6.45, 7) is 1.91. The van der Waals surface area contributed by atoms with Crippen LogP contribution in [0.4, 0.5) is 5.13 Å². The highest BCUT2D eigenvalue weighted by Gasteiger charge is 2.15. The Labute approximate surface area is 86.2 Å². The van der Waals surface area contributed by atoms with Crippen molar-refractivity contribution in [2.45, 2.75) is 13.0 Å². The van der Waals surface area contributed by atoms with Gasteiger partial charge < -0.3 is 15.7 Å². The molecule has 5 nitrogen and oxygen atoms in total. The quantitative estimate of drug-likeness (QED) is 0.753. The maximum atomic E-state index is 11.6. The van der Waals surface area contributed by atoms with E-state index in [1.807, 2.05) is 0 Å². The molecule has 0 saturated carbocycles. The highest BCUT2D eigenvalue weighted by atomic mass is 32.1. The molecule has 0 aliphatic carbocycles. The van der Waals surface area contributed by atoms with Gasteiger partial charge in [-0.05, 0) is 6.92 Å². The van der Waals surface area contributed by atoms with E-state index in [0.717, 1.165) is 0 Å².